The molecule has 4 nitrogen and oxygen atoms in total. The molecule has 1 aliphatic heterocycles. The number of rotatable bonds is 5. The van der Waals surface area contributed by atoms with Gasteiger partial charge in [-0.05, 0) is 24.9 Å². The number of nitrogens with zero attached hydrogens (tertiary/aromatic N) is 1. The largest absolute Gasteiger partial charge is 0.382 e. The smallest absolute Gasteiger partial charge is 0.114 e. The molecule has 1 heterocycles. The molecule has 4 heteroatoms. The Morgan fingerprint density at radius 2 is 2.16 bits per heavy atom. The number of aliphatic hydroxyl groups is 1. The van der Waals surface area contributed by atoms with Crippen LogP contribution in [-0.4, -0.2) is 49.4 Å². The molecule has 0 saturated carbocycles. The molecule has 0 radical (unpaired) electrons. The molecule has 1 aromatic carbocycles. The third-order valence-corrected chi connectivity index (χ3v) is 3.93. The van der Waals surface area contributed by atoms with Gasteiger partial charge in [0.15, 0.2) is 0 Å². The first-order chi connectivity index (χ1) is 9.18. The summed E-state index contributed by atoms with van der Waals surface area (Å²) in [6.07, 6.45) is 2.47. The lowest BCUT2D eigenvalue weighted by atomic mass is 9.92. The van der Waals surface area contributed by atoms with Crippen LogP contribution in [0.15, 0.2) is 30.3 Å². The highest BCUT2D eigenvalue weighted by Crippen LogP contribution is 2.23. The minimum atomic E-state index is -0.975. The van der Waals surface area contributed by atoms with Crippen molar-refractivity contribution in [2.24, 2.45) is 5.73 Å². The summed E-state index contributed by atoms with van der Waals surface area (Å²) in [7, 11) is 1.75. The zero-order valence-corrected chi connectivity index (χ0v) is 11.6. The maximum atomic E-state index is 10.8. The molecule has 0 aliphatic carbocycles. The zero-order valence-electron chi connectivity index (χ0n) is 11.6. The van der Waals surface area contributed by atoms with Crippen LogP contribution in [0.25, 0.3) is 0 Å². The highest BCUT2D eigenvalue weighted by molar-refractivity contribution is 5.23. The predicted molar refractivity (Wildman–Crippen MR) is 75.9 cm³/mol. The Morgan fingerprint density at radius 1 is 1.42 bits per heavy atom. The fourth-order valence-corrected chi connectivity index (χ4v) is 2.74. The molecular weight excluding hydrogens is 240 g/mol. The van der Waals surface area contributed by atoms with Gasteiger partial charge >= 0.3 is 0 Å². The molecule has 3 N–H and O–H groups in total. The Hall–Kier alpha value is -0.940. The van der Waals surface area contributed by atoms with E-state index < -0.39 is 5.60 Å². The van der Waals surface area contributed by atoms with E-state index in [1.807, 2.05) is 30.3 Å². The van der Waals surface area contributed by atoms with Crippen molar-refractivity contribution in [2.45, 2.75) is 24.5 Å². The van der Waals surface area contributed by atoms with Crippen LogP contribution >= 0.6 is 0 Å². The second kappa shape index (κ2) is 6.48. The molecule has 2 atom stereocenters. The Labute approximate surface area is 115 Å². The number of piperidine rings is 1. The SMILES string of the molecule is COC1CCCN(CC(O)(CN)c2ccccc2)C1. The fourth-order valence-electron chi connectivity index (χ4n) is 2.74. The summed E-state index contributed by atoms with van der Waals surface area (Å²) in [5.74, 6) is 0. The van der Waals surface area contributed by atoms with Gasteiger partial charge in [-0.2, -0.15) is 0 Å². The van der Waals surface area contributed by atoms with Crippen LogP contribution in [0, 0.1) is 0 Å². The van der Waals surface area contributed by atoms with Crippen molar-refractivity contribution in [3.05, 3.63) is 35.9 Å². The summed E-state index contributed by atoms with van der Waals surface area (Å²) in [5.41, 5.74) is 5.73. The van der Waals surface area contributed by atoms with Gasteiger partial charge in [0.05, 0.1) is 6.10 Å². The zero-order chi connectivity index (χ0) is 13.7. The number of hydrogen-bond donors (Lipinski definition) is 2. The van der Waals surface area contributed by atoms with Crippen molar-refractivity contribution in [3.8, 4) is 0 Å². The second-order valence-corrected chi connectivity index (χ2v) is 5.34. The summed E-state index contributed by atoms with van der Waals surface area (Å²) in [6, 6.07) is 9.69. The highest BCUT2D eigenvalue weighted by atomic mass is 16.5. The average Bonchev–Trinajstić information content (AvgIpc) is 2.48. The molecule has 106 valence electrons. The Morgan fingerprint density at radius 3 is 2.79 bits per heavy atom. The van der Waals surface area contributed by atoms with Gasteiger partial charge in [-0.15, -0.1) is 0 Å². The van der Waals surface area contributed by atoms with Gasteiger partial charge in [0.2, 0.25) is 0 Å². The molecule has 1 aliphatic rings. The van der Waals surface area contributed by atoms with Crippen molar-refractivity contribution in [2.75, 3.05) is 33.3 Å². The minimum Gasteiger partial charge on any atom is -0.382 e. The van der Waals surface area contributed by atoms with E-state index in [4.69, 9.17) is 10.5 Å². The molecule has 2 unspecified atom stereocenters. The van der Waals surface area contributed by atoms with Crippen LogP contribution in [0.2, 0.25) is 0 Å². The average molecular weight is 264 g/mol. The first-order valence-electron chi connectivity index (χ1n) is 6.91. The van der Waals surface area contributed by atoms with Crippen molar-refractivity contribution in [1.29, 1.82) is 0 Å². The van der Waals surface area contributed by atoms with E-state index >= 15 is 0 Å². The predicted octanol–water partition coefficient (Wildman–Crippen LogP) is 0.944. The number of ether oxygens (including phenoxy) is 1. The van der Waals surface area contributed by atoms with E-state index in [1.54, 1.807) is 7.11 Å². The maximum Gasteiger partial charge on any atom is 0.114 e. The lowest BCUT2D eigenvalue weighted by Crippen LogP contribution is -2.50. The van der Waals surface area contributed by atoms with Gasteiger partial charge in [0, 0.05) is 26.7 Å². The van der Waals surface area contributed by atoms with Gasteiger partial charge in [0.1, 0.15) is 5.60 Å². The van der Waals surface area contributed by atoms with Crippen molar-refractivity contribution >= 4 is 0 Å². The number of benzene rings is 1. The van der Waals surface area contributed by atoms with Crippen LogP contribution in [0.4, 0.5) is 0 Å². The normalized spacial score (nSPS) is 24.1. The topological polar surface area (TPSA) is 58.7 Å². The standard InChI is InChI=1S/C15H24N2O2/c1-19-14-8-5-9-17(10-14)12-15(18,11-16)13-6-3-2-4-7-13/h2-4,6-7,14,18H,5,8-12,16H2,1H3. The Kier molecular flexibility index (Phi) is 4.93. The summed E-state index contributed by atoms with van der Waals surface area (Å²) in [5, 5.41) is 10.8. The molecule has 1 fully saturated rings. The second-order valence-electron chi connectivity index (χ2n) is 5.34. The number of hydrogen-bond acceptors (Lipinski definition) is 4. The third kappa shape index (κ3) is 3.54. The first-order valence-corrected chi connectivity index (χ1v) is 6.91. The van der Waals surface area contributed by atoms with Gasteiger partial charge < -0.3 is 15.6 Å². The quantitative estimate of drug-likeness (QED) is 0.831. The van der Waals surface area contributed by atoms with E-state index in [0.717, 1.165) is 31.5 Å². The maximum absolute atomic E-state index is 10.8. The lowest BCUT2D eigenvalue weighted by molar-refractivity contribution is -0.0285. The number of nitrogens with two attached hydrogens (primary N) is 1. The fraction of sp³-hybridized carbons (Fsp3) is 0.600. The molecule has 19 heavy (non-hydrogen) atoms. The summed E-state index contributed by atoms with van der Waals surface area (Å²) in [6.45, 7) is 2.65. The highest BCUT2D eigenvalue weighted by Gasteiger charge is 2.32. The Balaban J connectivity index is 2.06. The molecular formula is C15H24N2O2. The molecule has 1 aromatic rings. The number of likely N-dealkylation sites (tertiary alicyclic amines) is 1. The lowest BCUT2D eigenvalue weighted by Gasteiger charge is -2.38. The third-order valence-electron chi connectivity index (χ3n) is 3.93. The van der Waals surface area contributed by atoms with Gasteiger partial charge in [0.25, 0.3) is 0 Å². The Bertz CT molecular complexity index is 385. The van der Waals surface area contributed by atoms with E-state index in [0.29, 0.717) is 6.54 Å². The van der Waals surface area contributed by atoms with Crippen LogP contribution in [0.1, 0.15) is 18.4 Å². The van der Waals surface area contributed by atoms with Crippen LogP contribution in [0.5, 0.6) is 0 Å². The van der Waals surface area contributed by atoms with E-state index in [2.05, 4.69) is 4.90 Å². The van der Waals surface area contributed by atoms with Crippen molar-refractivity contribution in [3.63, 3.8) is 0 Å². The minimum absolute atomic E-state index is 0.227. The number of methoxy groups -OCH3 is 1. The van der Waals surface area contributed by atoms with Crippen LogP contribution in [0.3, 0.4) is 0 Å². The summed E-state index contributed by atoms with van der Waals surface area (Å²) >= 11 is 0. The molecule has 2 rings (SSSR count). The van der Waals surface area contributed by atoms with E-state index in [9.17, 15) is 5.11 Å². The van der Waals surface area contributed by atoms with Crippen LogP contribution in [-0.2, 0) is 10.3 Å². The van der Waals surface area contributed by atoms with Gasteiger partial charge in [-0.1, -0.05) is 30.3 Å². The molecule has 1 saturated heterocycles. The number of β-amino-alcohol motifs (C(OH)–C–C–N with tert-alkyl or cyclic N) is 1. The summed E-state index contributed by atoms with van der Waals surface area (Å²) in [4.78, 5) is 2.25. The molecule has 0 aromatic heterocycles. The van der Waals surface area contributed by atoms with Crippen molar-refractivity contribution in [1.82, 2.24) is 4.90 Å². The van der Waals surface area contributed by atoms with E-state index in [1.165, 1.54) is 0 Å². The molecule has 0 amide bonds. The monoisotopic (exact) mass is 264 g/mol. The molecule has 0 bridgehead atoms. The van der Waals surface area contributed by atoms with Gasteiger partial charge in [-0.3, -0.25) is 4.90 Å². The summed E-state index contributed by atoms with van der Waals surface area (Å²) < 4.78 is 5.42. The van der Waals surface area contributed by atoms with Gasteiger partial charge in [-0.25, -0.2) is 0 Å². The molecule has 0 spiro atoms. The van der Waals surface area contributed by atoms with Crippen LogP contribution < -0.4 is 5.73 Å². The first kappa shape index (κ1) is 14.5. The van der Waals surface area contributed by atoms with E-state index in [-0.39, 0.29) is 12.6 Å². The van der Waals surface area contributed by atoms with Crippen molar-refractivity contribution < 1.29 is 9.84 Å².